The van der Waals surface area contributed by atoms with Crippen molar-refractivity contribution in [3.63, 3.8) is 0 Å². The molecule has 4 rings (SSSR count). The van der Waals surface area contributed by atoms with Gasteiger partial charge in [-0.1, -0.05) is 23.4 Å². The number of nitrogens with one attached hydrogen (secondary N) is 1. The SMILES string of the molecule is COc1ccc(-c2cc(C3(C(=O)Nc4ccccc4C)CC3)no2)cc1OC. The van der Waals surface area contributed by atoms with Crippen LogP contribution in [0.5, 0.6) is 11.5 Å². The highest BCUT2D eigenvalue weighted by Crippen LogP contribution is 2.49. The van der Waals surface area contributed by atoms with Crippen LogP contribution in [0.1, 0.15) is 24.1 Å². The van der Waals surface area contributed by atoms with E-state index in [1.54, 1.807) is 14.2 Å². The van der Waals surface area contributed by atoms with Gasteiger partial charge < -0.3 is 19.3 Å². The van der Waals surface area contributed by atoms with Crippen molar-refractivity contribution in [3.8, 4) is 22.8 Å². The first-order valence-corrected chi connectivity index (χ1v) is 9.14. The average molecular weight is 378 g/mol. The summed E-state index contributed by atoms with van der Waals surface area (Å²) in [6, 6.07) is 15.1. The third-order valence-corrected chi connectivity index (χ3v) is 5.25. The molecule has 1 aliphatic carbocycles. The largest absolute Gasteiger partial charge is 0.493 e. The van der Waals surface area contributed by atoms with Crippen molar-refractivity contribution < 1.29 is 18.8 Å². The van der Waals surface area contributed by atoms with Gasteiger partial charge in [0.25, 0.3) is 0 Å². The minimum atomic E-state index is -0.624. The summed E-state index contributed by atoms with van der Waals surface area (Å²) in [5.74, 6) is 1.79. The van der Waals surface area contributed by atoms with Crippen LogP contribution in [0.3, 0.4) is 0 Å². The van der Waals surface area contributed by atoms with Crippen molar-refractivity contribution in [1.29, 1.82) is 0 Å². The van der Waals surface area contributed by atoms with Gasteiger partial charge in [-0.3, -0.25) is 4.79 Å². The Morgan fingerprint density at radius 3 is 2.50 bits per heavy atom. The first-order valence-electron chi connectivity index (χ1n) is 9.14. The lowest BCUT2D eigenvalue weighted by Gasteiger charge is -2.14. The number of methoxy groups -OCH3 is 2. The summed E-state index contributed by atoms with van der Waals surface area (Å²) in [5.41, 5.74) is 2.69. The molecule has 1 N–H and O–H groups in total. The van der Waals surface area contributed by atoms with Crippen LogP contribution in [0.25, 0.3) is 11.3 Å². The van der Waals surface area contributed by atoms with Crippen molar-refractivity contribution >= 4 is 11.6 Å². The van der Waals surface area contributed by atoms with E-state index in [0.29, 0.717) is 23.0 Å². The molecule has 0 unspecified atom stereocenters. The average Bonchev–Trinajstić information content (AvgIpc) is 3.39. The number of ether oxygens (including phenoxy) is 2. The Balaban J connectivity index is 1.59. The van der Waals surface area contributed by atoms with Gasteiger partial charge in [0.1, 0.15) is 0 Å². The molecule has 0 atom stereocenters. The molecule has 1 amide bonds. The van der Waals surface area contributed by atoms with Gasteiger partial charge in [-0.15, -0.1) is 0 Å². The molecule has 1 aliphatic rings. The summed E-state index contributed by atoms with van der Waals surface area (Å²) in [4.78, 5) is 12.9. The first kappa shape index (κ1) is 18.1. The number of hydrogen-bond acceptors (Lipinski definition) is 5. The zero-order valence-corrected chi connectivity index (χ0v) is 16.1. The van der Waals surface area contributed by atoms with Crippen molar-refractivity contribution in [2.75, 3.05) is 19.5 Å². The van der Waals surface area contributed by atoms with E-state index in [1.807, 2.05) is 55.5 Å². The Hall–Kier alpha value is -3.28. The van der Waals surface area contributed by atoms with Crippen molar-refractivity contribution in [2.45, 2.75) is 25.2 Å². The highest BCUT2D eigenvalue weighted by molar-refractivity contribution is 6.01. The number of nitrogens with zero attached hydrogens (tertiary/aromatic N) is 1. The highest BCUT2D eigenvalue weighted by Gasteiger charge is 2.54. The summed E-state index contributed by atoms with van der Waals surface area (Å²) in [6.45, 7) is 1.97. The second-order valence-electron chi connectivity index (χ2n) is 7.00. The number of carbonyl (C=O) groups is 1. The van der Waals surface area contributed by atoms with Crippen LogP contribution in [0, 0.1) is 6.92 Å². The molecule has 144 valence electrons. The molecule has 1 saturated carbocycles. The molecule has 1 heterocycles. The Kier molecular flexibility index (Phi) is 4.55. The number of hydrogen-bond donors (Lipinski definition) is 1. The fourth-order valence-corrected chi connectivity index (χ4v) is 3.31. The number of anilines is 1. The fourth-order valence-electron chi connectivity index (χ4n) is 3.31. The summed E-state index contributed by atoms with van der Waals surface area (Å²) < 4.78 is 16.2. The first-order chi connectivity index (χ1) is 13.6. The fraction of sp³-hybridized carbons (Fsp3) is 0.273. The van der Waals surface area contributed by atoms with Crippen LogP contribution in [0.15, 0.2) is 53.1 Å². The number of para-hydroxylation sites is 1. The highest BCUT2D eigenvalue weighted by atomic mass is 16.5. The van der Waals surface area contributed by atoms with E-state index in [0.717, 1.165) is 29.7 Å². The van der Waals surface area contributed by atoms with Gasteiger partial charge in [0, 0.05) is 17.3 Å². The zero-order chi connectivity index (χ0) is 19.7. The maximum Gasteiger partial charge on any atom is 0.236 e. The minimum Gasteiger partial charge on any atom is -0.493 e. The Labute approximate surface area is 163 Å². The molecule has 0 saturated heterocycles. The van der Waals surface area contributed by atoms with E-state index < -0.39 is 5.41 Å². The smallest absolute Gasteiger partial charge is 0.236 e. The molecule has 0 spiro atoms. The lowest BCUT2D eigenvalue weighted by Crippen LogP contribution is -2.28. The molecular formula is C22H22N2O4. The molecule has 2 aromatic carbocycles. The van der Waals surface area contributed by atoms with Crippen molar-refractivity contribution in [2.24, 2.45) is 0 Å². The summed E-state index contributed by atoms with van der Waals surface area (Å²) in [6.07, 6.45) is 1.51. The van der Waals surface area contributed by atoms with E-state index in [9.17, 15) is 4.79 Å². The quantitative estimate of drug-likeness (QED) is 0.691. The van der Waals surface area contributed by atoms with Crippen molar-refractivity contribution in [3.05, 3.63) is 59.8 Å². The zero-order valence-electron chi connectivity index (χ0n) is 16.1. The maximum absolute atomic E-state index is 12.9. The molecule has 6 heteroatoms. The molecule has 1 fully saturated rings. The second kappa shape index (κ2) is 7.03. The molecule has 6 nitrogen and oxygen atoms in total. The molecule has 1 aromatic heterocycles. The van der Waals surface area contributed by atoms with Crippen molar-refractivity contribution in [1.82, 2.24) is 5.16 Å². The van der Waals surface area contributed by atoms with Gasteiger partial charge in [0.05, 0.1) is 25.3 Å². The number of amides is 1. The van der Waals surface area contributed by atoms with Crippen LogP contribution in [0.4, 0.5) is 5.69 Å². The number of benzene rings is 2. The predicted molar refractivity (Wildman–Crippen MR) is 106 cm³/mol. The second-order valence-corrected chi connectivity index (χ2v) is 7.00. The van der Waals surface area contributed by atoms with E-state index in [-0.39, 0.29) is 5.91 Å². The third kappa shape index (κ3) is 3.11. The van der Waals surface area contributed by atoms with Gasteiger partial charge in [-0.05, 0) is 49.6 Å². The Morgan fingerprint density at radius 1 is 1.07 bits per heavy atom. The van der Waals surface area contributed by atoms with Gasteiger partial charge in [0.15, 0.2) is 17.3 Å². The molecule has 28 heavy (non-hydrogen) atoms. The Bertz CT molecular complexity index is 1020. The monoisotopic (exact) mass is 378 g/mol. The van der Waals surface area contributed by atoms with Crippen LogP contribution >= 0.6 is 0 Å². The van der Waals surface area contributed by atoms with Gasteiger partial charge in [0.2, 0.25) is 5.91 Å². The predicted octanol–water partition coefficient (Wildman–Crippen LogP) is 4.34. The lowest BCUT2D eigenvalue weighted by molar-refractivity contribution is -0.118. The molecular weight excluding hydrogens is 356 g/mol. The maximum atomic E-state index is 12.9. The van der Waals surface area contributed by atoms with Crippen LogP contribution in [-0.4, -0.2) is 25.3 Å². The summed E-state index contributed by atoms with van der Waals surface area (Å²) in [7, 11) is 3.18. The van der Waals surface area contributed by atoms with Gasteiger partial charge in [-0.2, -0.15) is 0 Å². The number of rotatable bonds is 6. The minimum absolute atomic E-state index is 0.0473. The van der Waals surface area contributed by atoms with E-state index in [1.165, 1.54) is 0 Å². The lowest BCUT2D eigenvalue weighted by atomic mass is 9.99. The van der Waals surface area contributed by atoms with Crippen LogP contribution in [-0.2, 0) is 10.2 Å². The third-order valence-electron chi connectivity index (χ3n) is 5.25. The van der Waals surface area contributed by atoms with Crippen LogP contribution in [0.2, 0.25) is 0 Å². The molecule has 0 radical (unpaired) electrons. The standard InChI is InChI=1S/C22H22N2O4/c1-14-6-4-5-7-16(14)23-21(25)22(10-11-22)20-13-18(28-24-20)15-8-9-17(26-2)19(12-15)27-3/h4-9,12-13H,10-11H2,1-3H3,(H,23,25). The van der Waals surface area contributed by atoms with E-state index >= 15 is 0 Å². The number of carbonyl (C=O) groups excluding carboxylic acids is 1. The normalized spacial score (nSPS) is 14.4. The number of aromatic nitrogens is 1. The topological polar surface area (TPSA) is 73.6 Å². The Morgan fingerprint density at radius 2 is 1.82 bits per heavy atom. The van der Waals surface area contributed by atoms with Crippen LogP contribution < -0.4 is 14.8 Å². The summed E-state index contributed by atoms with van der Waals surface area (Å²) in [5, 5.41) is 7.24. The van der Waals surface area contributed by atoms with Gasteiger partial charge >= 0.3 is 0 Å². The molecule has 0 bridgehead atoms. The molecule has 3 aromatic rings. The summed E-state index contributed by atoms with van der Waals surface area (Å²) >= 11 is 0. The van der Waals surface area contributed by atoms with E-state index in [2.05, 4.69) is 10.5 Å². The number of aryl methyl sites for hydroxylation is 1. The molecule has 0 aliphatic heterocycles. The van der Waals surface area contributed by atoms with E-state index in [4.69, 9.17) is 14.0 Å². The van der Waals surface area contributed by atoms with Gasteiger partial charge in [-0.25, -0.2) is 0 Å².